The van der Waals surface area contributed by atoms with Crippen LogP contribution in [-0.2, 0) is 6.54 Å². The van der Waals surface area contributed by atoms with Gasteiger partial charge in [-0.15, -0.1) is 0 Å². The van der Waals surface area contributed by atoms with Crippen molar-refractivity contribution in [2.24, 2.45) is 5.84 Å². The molecule has 0 spiro atoms. The van der Waals surface area contributed by atoms with Crippen LogP contribution in [-0.4, -0.2) is 24.4 Å². The monoisotopic (exact) mass is 289 g/mol. The average Bonchev–Trinajstić information content (AvgIpc) is 2.85. The number of para-hydroxylation sites is 1. The van der Waals surface area contributed by atoms with Gasteiger partial charge in [0.15, 0.2) is 5.76 Å². The minimum atomic E-state index is -0.386. The summed E-state index contributed by atoms with van der Waals surface area (Å²) in [7, 11) is 2.06. The number of hydrogen-bond acceptors (Lipinski definition) is 4. The number of furan rings is 1. The quantitative estimate of drug-likeness (QED) is 0.356. The third-order valence-electron chi connectivity index (χ3n) is 3.61. The second-order valence-electron chi connectivity index (χ2n) is 5.32. The fourth-order valence-corrected chi connectivity index (χ4v) is 2.49. The van der Waals surface area contributed by atoms with Crippen molar-refractivity contribution in [1.82, 2.24) is 10.3 Å². The SMILES string of the molecule is CCCCCN(C)Cc1c(C(=O)NN)oc2ccccc12. The first kappa shape index (κ1) is 15.5. The average molecular weight is 289 g/mol. The first-order valence-electron chi connectivity index (χ1n) is 7.37. The molecule has 0 bridgehead atoms. The van der Waals surface area contributed by atoms with Crippen LogP contribution in [0.1, 0.15) is 42.3 Å². The maximum absolute atomic E-state index is 11.9. The van der Waals surface area contributed by atoms with Gasteiger partial charge in [-0.25, -0.2) is 5.84 Å². The predicted octanol–water partition coefficient (Wildman–Crippen LogP) is 2.66. The van der Waals surface area contributed by atoms with Crippen molar-refractivity contribution in [2.75, 3.05) is 13.6 Å². The summed E-state index contributed by atoms with van der Waals surface area (Å²) in [6.45, 7) is 3.85. The van der Waals surface area contributed by atoms with E-state index in [1.165, 1.54) is 12.8 Å². The number of hydrazine groups is 1. The summed E-state index contributed by atoms with van der Waals surface area (Å²) in [5.41, 5.74) is 3.77. The molecule has 0 atom stereocenters. The van der Waals surface area contributed by atoms with Gasteiger partial charge in [0.2, 0.25) is 0 Å². The number of hydrogen-bond donors (Lipinski definition) is 2. The number of nitrogens with two attached hydrogens (primary N) is 1. The second kappa shape index (κ2) is 7.24. The van der Waals surface area contributed by atoms with E-state index < -0.39 is 0 Å². The zero-order valence-electron chi connectivity index (χ0n) is 12.7. The van der Waals surface area contributed by atoms with Crippen molar-refractivity contribution in [3.8, 4) is 0 Å². The number of unbranched alkanes of at least 4 members (excludes halogenated alkanes) is 2. The molecule has 0 aliphatic rings. The molecular weight excluding hydrogens is 266 g/mol. The van der Waals surface area contributed by atoms with Gasteiger partial charge in [0, 0.05) is 17.5 Å². The minimum Gasteiger partial charge on any atom is -0.451 e. The molecule has 0 aliphatic heterocycles. The van der Waals surface area contributed by atoms with Crippen molar-refractivity contribution in [3.05, 3.63) is 35.6 Å². The Morgan fingerprint density at radius 3 is 2.81 bits per heavy atom. The van der Waals surface area contributed by atoms with E-state index in [2.05, 4.69) is 24.3 Å². The van der Waals surface area contributed by atoms with E-state index in [-0.39, 0.29) is 5.91 Å². The fraction of sp³-hybridized carbons (Fsp3) is 0.438. The molecule has 0 saturated heterocycles. The lowest BCUT2D eigenvalue weighted by molar-refractivity contribution is 0.0925. The zero-order chi connectivity index (χ0) is 15.2. The lowest BCUT2D eigenvalue weighted by atomic mass is 10.1. The van der Waals surface area contributed by atoms with E-state index in [1.807, 2.05) is 24.3 Å². The van der Waals surface area contributed by atoms with Gasteiger partial charge in [0.05, 0.1) is 0 Å². The number of benzene rings is 1. The van der Waals surface area contributed by atoms with Crippen LogP contribution in [0, 0.1) is 0 Å². The Bertz CT molecular complexity index is 607. The number of nitrogen functional groups attached to an aromatic ring is 1. The van der Waals surface area contributed by atoms with E-state index in [9.17, 15) is 4.79 Å². The maximum atomic E-state index is 11.9. The summed E-state index contributed by atoms with van der Waals surface area (Å²) in [5.74, 6) is 5.17. The number of carbonyl (C=O) groups is 1. The maximum Gasteiger partial charge on any atom is 0.301 e. The summed E-state index contributed by atoms with van der Waals surface area (Å²) in [4.78, 5) is 14.1. The number of carbonyl (C=O) groups excluding carboxylic acids is 1. The van der Waals surface area contributed by atoms with Crippen LogP contribution in [0.3, 0.4) is 0 Å². The largest absolute Gasteiger partial charge is 0.451 e. The summed E-state index contributed by atoms with van der Waals surface area (Å²) < 4.78 is 5.66. The van der Waals surface area contributed by atoms with Gasteiger partial charge in [-0.1, -0.05) is 38.0 Å². The van der Waals surface area contributed by atoms with Crippen LogP contribution in [0.25, 0.3) is 11.0 Å². The van der Waals surface area contributed by atoms with Crippen molar-refractivity contribution in [2.45, 2.75) is 32.7 Å². The number of nitrogens with one attached hydrogen (secondary N) is 1. The van der Waals surface area contributed by atoms with Crippen molar-refractivity contribution >= 4 is 16.9 Å². The first-order valence-corrected chi connectivity index (χ1v) is 7.37. The Balaban J connectivity index is 2.25. The van der Waals surface area contributed by atoms with E-state index in [0.717, 1.165) is 23.9 Å². The molecule has 0 aliphatic carbocycles. The van der Waals surface area contributed by atoms with Gasteiger partial charge in [0.25, 0.3) is 0 Å². The molecule has 5 heteroatoms. The second-order valence-corrected chi connectivity index (χ2v) is 5.32. The van der Waals surface area contributed by atoms with Gasteiger partial charge in [0.1, 0.15) is 5.58 Å². The van der Waals surface area contributed by atoms with E-state index in [0.29, 0.717) is 17.9 Å². The zero-order valence-corrected chi connectivity index (χ0v) is 12.7. The van der Waals surface area contributed by atoms with Crippen molar-refractivity contribution < 1.29 is 9.21 Å². The van der Waals surface area contributed by atoms with E-state index in [4.69, 9.17) is 10.3 Å². The van der Waals surface area contributed by atoms with Gasteiger partial charge < -0.3 is 9.32 Å². The Morgan fingerprint density at radius 2 is 2.10 bits per heavy atom. The standard InChI is InChI=1S/C16H23N3O2/c1-3-4-7-10-19(2)11-13-12-8-5-6-9-14(12)21-15(13)16(20)18-17/h5-6,8-9H,3-4,7,10-11,17H2,1-2H3,(H,18,20). The van der Waals surface area contributed by atoms with Crippen LogP contribution >= 0.6 is 0 Å². The van der Waals surface area contributed by atoms with Crippen LogP contribution in [0.4, 0.5) is 0 Å². The number of rotatable bonds is 7. The molecule has 0 radical (unpaired) electrons. The van der Waals surface area contributed by atoms with Crippen molar-refractivity contribution in [3.63, 3.8) is 0 Å². The van der Waals surface area contributed by atoms with Gasteiger partial charge in [-0.3, -0.25) is 10.2 Å². The Hall–Kier alpha value is -1.85. The fourth-order valence-electron chi connectivity index (χ4n) is 2.49. The molecule has 1 amide bonds. The van der Waals surface area contributed by atoms with Crippen molar-refractivity contribution in [1.29, 1.82) is 0 Å². The van der Waals surface area contributed by atoms with Crippen LogP contribution < -0.4 is 11.3 Å². The van der Waals surface area contributed by atoms with E-state index in [1.54, 1.807) is 0 Å². The third kappa shape index (κ3) is 3.62. The smallest absolute Gasteiger partial charge is 0.301 e. The lowest BCUT2D eigenvalue weighted by Crippen LogP contribution is -2.31. The first-order chi connectivity index (χ1) is 10.2. The molecule has 0 unspecified atom stereocenters. The molecule has 2 aromatic rings. The Kier molecular flexibility index (Phi) is 5.36. The summed E-state index contributed by atoms with van der Waals surface area (Å²) in [6, 6.07) is 7.68. The molecular formula is C16H23N3O2. The topological polar surface area (TPSA) is 71.5 Å². The predicted molar refractivity (Wildman–Crippen MR) is 83.7 cm³/mol. The molecule has 21 heavy (non-hydrogen) atoms. The molecule has 5 nitrogen and oxygen atoms in total. The summed E-state index contributed by atoms with van der Waals surface area (Å²) >= 11 is 0. The molecule has 0 saturated carbocycles. The Labute approximate surface area is 125 Å². The summed E-state index contributed by atoms with van der Waals surface area (Å²) in [5, 5.41) is 0.971. The number of nitrogens with zero attached hydrogens (tertiary/aromatic N) is 1. The molecule has 1 heterocycles. The lowest BCUT2D eigenvalue weighted by Gasteiger charge is -2.16. The minimum absolute atomic E-state index is 0.307. The molecule has 114 valence electrons. The molecule has 3 N–H and O–H groups in total. The molecule has 2 rings (SSSR count). The highest BCUT2D eigenvalue weighted by atomic mass is 16.3. The van der Waals surface area contributed by atoms with Crippen LogP contribution in [0.15, 0.2) is 28.7 Å². The highest BCUT2D eigenvalue weighted by molar-refractivity contribution is 5.98. The number of amides is 1. The normalized spacial score (nSPS) is 11.2. The molecule has 1 aromatic heterocycles. The molecule has 1 aromatic carbocycles. The van der Waals surface area contributed by atoms with Gasteiger partial charge >= 0.3 is 5.91 Å². The van der Waals surface area contributed by atoms with Gasteiger partial charge in [-0.05, 0) is 26.1 Å². The summed E-state index contributed by atoms with van der Waals surface area (Å²) in [6.07, 6.45) is 3.57. The highest BCUT2D eigenvalue weighted by Gasteiger charge is 2.20. The van der Waals surface area contributed by atoms with Crippen LogP contribution in [0.5, 0.6) is 0 Å². The molecule has 0 fully saturated rings. The highest BCUT2D eigenvalue weighted by Crippen LogP contribution is 2.27. The van der Waals surface area contributed by atoms with Gasteiger partial charge in [-0.2, -0.15) is 0 Å². The third-order valence-corrected chi connectivity index (χ3v) is 3.61. The van der Waals surface area contributed by atoms with E-state index >= 15 is 0 Å². The number of fused-ring (bicyclic) bond motifs is 1. The van der Waals surface area contributed by atoms with Crippen LogP contribution in [0.2, 0.25) is 0 Å². The Morgan fingerprint density at radius 1 is 1.33 bits per heavy atom.